The molecule has 1 aromatic rings. The Morgan fingerprint density at radius 1 is 1.56 bits per heavy atom. The Bertz CT molecular complexity index is 372. The van der Waals surface area contributed by atoms with Crippen LogP contribution in [0.15, 0.2) is 36.9 Å². The number of aliphatic hydroxyl groups excluding tert-OH is 1. The van der Waals surface area contributed by atoms with Crippen molar-refractivity contribution in [2.24, 2.45) is 0 Å². The van der Waals surface area contributed by atoms with Gasteiger partial charge in [-0.25, -0.2) is 0 Å². The number of aliphatic hydroxyl groups is 1. The minimum Gasteiger partial charge on any atom is -0.389 e. The molecule has 1 atom stereocenters. The maximum atomic E-state index is 11.5. The van der Waals surface area contributed by atoms with Gasteiger partial charge >= 0.3 is 0 Å². The molecule has 0 heterocycles. The second-order valence-electron chi connectivity index (χ2n) is 3.64. The first kappa shape index (κ1) is 12.5. The van der Waals surface area contributed by atoms with E-state index in [4.69, 9.17) is 0 Å². The van der Waals surface area contributed by atoms with E-state index in [0.717, 1.165) is 5.56 Å². The SMILES string of the molecule is C=CCCC(=O)Nc1ccccc1C(C)O. The number of rotatable bonds is 5. The van der Waals surface area contributed by atoms with Crippen molar-refractivity contribution in [3.63, 3.8) is 0 Å². The van der Waals surface area contributed by atoms with Crippen LogP contribution in [0.4, 0.5) is 5.69 Å². The largest absolute Gasteiger partial charge is 0.389 e. The van der Waals surface area contributed by atoms with Gasteiger partial charge in [-0.15, -0.1) is 6.58 Å². The number of carbonyl (C=O) groups is 1. The number of benzene rings is 1. The molecule has 1 aromatic carbocycles. The molecule has 1 unspecified atom stereocenters. The van der Waals surface area contributed by atoms with Gasteiger partial charge in [-0.3, -0.25) is 4.79 Å². The first-order valence-electron chi connectivity index (χ1n) is 5.33. The third-order valence-electron chi connectivity index (χ3n) is 2.26. The van der Waals surface area contributed by atoms with Crippen LogP contribution in [-0.4, -0.2) is 11.0 Å². The van der Waals surface area contributed by atoms with Gasteiger partial charge in [0.1, 0.15) is 0 Å². The van der Waals surface area contributed by atoms with Crippen LogP contribution in [0.2, 0.25) is 0 Å². The van der Waals surface area contributed by atoms with E-state index in [1.165, 1.54) is 0 Å². The summed E-state index contributed by atoms with van der Waals surface area (Å²) in [5.74, 6) is -0.0620. The van der Waals surface area contributed by atoms with Gasteiger partial charge in [0.15, 0.2) is 0 Å². The van der Waals surface area contributed by atoms with E-state index < -0.39 is 6.10 Å². The Morgan fingerprint density at radius 2 is 2.25 bits per heavy atom. The van der Waals surface area contributed by atoms with Crippen LogP contribution in [0.1, 0.15) is 31.4 Å². The molecule has 0 aliphatic carbocycles. The molecular formula is C13H17NO2. The molecule has 86 valence electrons. The Kier molecular flexibility index (Phi) is 4.73. The van der Waals surface area contributed by atoms with Gasteiger partial charge in [0, 0.05) is 17.7 Å². The van der Waals surface area contributed by atoms with Gasteiger partial charge in [-0.2, -0.15) is 0 Å². The van der Waals surface area contributed by atoms with Crippen LogP contribution >= 0.6 is 0 Å². The molecule has 1 rings (SSSR count). The number of hydrogen-bond donors (Lipinski definition) is 2. The average Bonchev–Trinajstić information content (AvgIpc) is 2.27. The first-order chi connectivity index (χ1) is 7.65. The summed E-state index contributed by atoms with van der Waals surface area (Å²) >= 11 is 0. The summed E-state index contributed by atoms with van der Waals surface area (Å²) in [6.07, 6.45) is 2.19. The van der Waals surface area contributed by atoms with E-state index >= 15 is 0 Å². The number of carbonyl (C=O) groups excluding carboxylic acids is 1. The van der Waals surface area contributed by atoms with Crippen molar-refractivity contribution >= 4 is 11.6 Å². The van der Waals surface area contributed by atoms with Gasteiger partial charge in [-0.1, -0.05) is 24.3 Å². The summed E-state index contributed by atoms with van der Waals surface area (Å²) in [6.45, 7) is 5.24. The van der Waals surface area contributed by atoms with Crippen molar-refractivity contribution in [2.45, 2.75) is 25.9 Å². The number of para-hydroxylation sites is 1. The Labute approximate surface area is 95.8 Å². The van der Waals surface area contributed by atoms with Crippen molar-refractivity contribution in [1.29, 1.82) is 0 Å². The average molecular weight is 219 g/mol. The summed E-state index contributed by atoms with van der Waals surface area (Å²) in [5, 5.41) is 12.3. The molecule has 0 radical (unpaired) electrons. The summed E-state index contributed by atoms with van der Waals surface area (Å²) in [5.41, 5.74) is 1.40. The summed E-state index contributed by atoms with van der Waals surface area (Å²) < 4.78 is 0. The fourth-order valence-corrected chi connectivity index (χ4v) is 1.42. The van der Waals surface area contributed by atoms with Crippen molar-refractivity contribution in [3.8, 4) is 0 Å². The highest BCUT2D eigenvalue weighted by molar-refractivity contribution is 5.91. The minimum atomic E-state index is -0.587. The molecule has 3 heteroatoms. The summed E-state index contributed by atoms with van der Waals surface area (Å²) in [7, 11) is 0. The van der Waals surface area contributed by atoms with Gasteiger partial charge in [0.2, 0.25) is 5.91 Å². The molecule has 1 amide bonds. The maximum Gasteiger partial charge on any atom is 0.224 e. The number of anilines is 1. The molecule has 0 aromatic heterocycles. The third kappa shape index (κ3) is 3.51. The smallest absolute Gasteiger partial charge is 0.224 e. The quantitative estimate of drug-likeness (QED) is 0.748. The molecule has 16 heavy (non-hydrogen) atoms. The normalized spacial score (nSPS) is 11.9. The lowest BCUT2D eigenvalue weighted by molar-refractivity contribution is -0.116. The molecule has 0 aliphatic rings. The second-order valence-corrected chi connectivity index (χ2v) is 3.64. The summed E-state index contributed by atoms with van der Waals surface area (Å²) in [4.78, 5) is 11.5. The predicted octanol–water partition coefficient (Wildman–Crippen LogP) is 2.64. The number of hydrogen-bond acceptors (Lipinski definition) is 2. The van der Waals surface area contributed by atoms with Crippen LogP contribution in [0, 0.1) is 0 Å². The lowest BCUT2D eigenvalue weighted by atomic mass is 10.1. The van der Waals surface area contributed by atoms with Crippen LogP contribution in [-0.2, 0) is 4.79 Å². The summed E-state index contributed by atoms with van der Waals surface area (Å²) in [6, 6.07) is 7.25. The van der Waals surface area contributed by atoms with Crippen molar-refractivity contribution in [1.82, 2.24) is 0 Å². The Hall–Kier alpha value is -1.61. The maximum absolute atomic E-state index is 11.5. The third-order valence-corrected chi connectivity index (χ3v) is 2.26. The van der Waals surface area contributed by atoms with Crippen molar-refractivity contribution < 1.29 is 9.90 Å². The van der Waals surface area contributed by atoms with E-state index in [9.17, 15) is 9.90 Å². The van der Waals surface area contributed by atoms with Crippen molar-refractivity contribution in [2.75, 3.05) is 5.32 Å². The fraction of sp³-hybridized carbons (Fsp3) is 0.308. The zero-order valence-corrected chi connectivity index (χ0v) is 9.44. The van der Waals surface area contributed by atoms with E-state index in [2.05, 4.69) is 11.9 Å². The zero-order chi connectivity index (χ0) is 12.0. The molecule has 0 spiro atoms. The van der Waals surface area contributed by atoms with Gasteiger partial charge in [0.25, 0.3) is 0 Å². The minimum absolute atomic E-state index is 0.0620. The monoisotopic (exact) mass is 219 g/mol. The lowest BCUT2D eigenvalue weighted by Gasteiger charge is -2.12. The number of nitrogens with one attached hydrogen (secondary N) is 1. The number of amides is 1. The standard InChI is InChI=1S/C13H17NO2/c1-3-4-9-13(16)14-12-8-6-5-7-11(12)10(2)15/h3,5-8,10,15H,1,4,9H2,2H3,(H,14,16). The second kappa shape index (κ2) is 6.08. The van der Waals surface area contributed by atoms with Crippen molar-refractivity contribution in [3.05, 3.63) is 42.5 Å². The Morgan fingerprint density at radius 3 is 2.88 bits per heavy atom. The topological polar surface area (TPSA) is 49.3 Å². The first-order valence-corrected chi connectivity index (χ1v) is 5.33. The highest BCUT2D eigenvalue weighted by Gasteiger charge is 2.09. The van der Waals surface area contributed by atoms with Crippen LogP contribution in [0.25, 0.3) is 0 Å². The molecule has 0 aliphatic heterocycles. The zero-order valence-electron chi connectivity index (χ0n) is 9.44. The van der Waals surface area contributed by atoms with Crippen LogP contribution < -0.4 is 5.32 Å². The molecule has 3 nitrogen and oxygen atoms in total. The number of allylic oxidation sites excluding steroid dienone is 1. The van der Waals surface area contributed by atoms with Gasteiger partial charge in [0.05, 0.1) is 6.10 Å². The predicted molar refractivity (Wildman–Crippen MR) is 65.1 cm³/mol. The molecule has 2 N–H and O–H groups in total. The van der Waals surface area contributed by atoms with E-state index in [-0.39, 0.29) is 5.91 Å². The lowest BCUT2D eigenvalue weighted by Crippen LogP contribution is -2.12. The van der Waals surface area contributed by atoms with E-state index in [1.807, 2.05) is 12.1 Å². The molecule has 0 saturated carbocycles. The molecule has 0 fully saturated rings. The van der Waals surface area contributed by atoms with Crippen LogP contribution in [0.5, 0.6) is 0 Å². The van der Waals surface area contributed by atoms with Gasteiger partial charge in [-0.05, 0) is 19.4 Å². The molecular weight excluding hydrogens is 202 g/mol. The highest BCUT2D eigenvalue weighted by Crippen LogP contribution is 2.22. The highest BCUT2D eigenvalue weighted by atomic mass is 16.3. The Balaban J connectivity index is 2.72. The van der Waals surface area contributed by atoms with E-state index in [1.54, 1.807) is 25.1 Å². The van der Waals surface area contributed by atoms with Crippen LogP contribution in [0.3, 0.4) is 0 Å². The molecule has 0 saturated heterocycles. The molecule has 0 bridgehead atoms. The fourth-order valence-electron chi connectivity index (χ4n) is 1.42. The van der Waals surface area contributed by atoms with Gasteiger partial charge < -0.3 is 10.4 Å². The van der Waals surface area contributed by atoms with E-state index in [0.29, 0.717) is 18.5 Å².